The normalized spacial score (nSPS) is 19.6. The fraction of sp³-hybridized carbons (Fsp3) is 0.556. The third kappa shape index (κ3) is 4.55. The second kappa shape index (κ2) is 8.07. The maximum absolute atomic E-state index is 12.6. The van der Waals surface area contributed by atoms with E-state index in [2.05, 4.69) is 0 Å². The van der Waals surface area contributed by atoms with Crippen molar-refractivity contribution in [3.63, 3.8) is 0 Å². The zero-order valence-corrected chi connectivity index (χ0v) is 16.3. The Labute approximate surface area is 154 Å². The molecule has 1 saturated heterocycles. The molecule has 26 heavy (non-hydrogen) atoms. The molecule has 0 saturated carbocycles. The number of benzene rings is 1. The van der Waals surface area contributed by atoms with Crippen LogP contribution in [0.15, 0.2) is 18.2 Å². The highest BCUT2D eigenvalue weighted by Crippen LogP contribution is 2.21. The SMILES string of the molecule is CCN(C(=O)[C@@H](C)OC(=O)c1ccc(C)c(OC)c1)[C@@H]1CCS(=O)(=O)C1. The minimum Gasteiger partial charge on any atom is -0.496 e. The van der Waals surface area contributed by atoms with Gasteiger partial charge >= 0.3 is 5.97 Å². The summed E-state index contributed by atoms with van der Waals surface area (Å²) < 4.78 is 33.8. The van der Waals surface area contributed by atoms with Gasteiger partial charge in [-0.25, -0.2) is 13.2 Å². The molecule has 2 rings (SSSR count). The summed E-state index contributed by atoms with van der Waals surface area (Å²) in [6, 6.07) is 4.55. The van der Waals surface area contributed by atoms with Gasteiger partial charge in [0.05, 0.1) is 24.2 Å². The average Bonchev–Trinajstić information content (AvgIpc) is 2.95. The van der Waals surface area contributed by atoms with E-state index in [4.69, 9.17) is 9.47 Å². The number of amides is 1. The van der Waals surface area contributed by atoms with Crippen molar-refractivity contribution in [3.05, 3.63) is 29.3 Å². The number of aryl methyl sites for hydroxylation is 1. The summed E-state index contributed by atoms with van der Waals surface area (Å²) in [5.74, 6) is -0.410. The third-order valence-corrected chi connectivity index (χ3v) is 6.30. The molecule has 2 atom stereocenters. The summed E-state index contributed by atoms with van der Waals surface area (Å²) in [7, 11) is -1.59. The highest BCUT2D eigenvalue weighted by Gasteiger charge is 2.36. The Morgan fingerprint density at radius 1 is 1.35 bits per heavy atom. The standard InChI is InChI=1S/C18H25NO6S/c1-5-19(15-8-9-26(22,23)11-15)17(20)13(3)25-18(21)14-7-6-12(2)16(10-14)24-4/h6-7,10,13,15H,5,8-9,11H2,1-4H3/t13-,15-/m1/s1. The predicted molar refractivity (Wildman–Crippen MR) is 97.1 cm³/mol. The number of nitrogens with zero attached hydrogens (tertiary/aromatic N) is 1. The lowest BCUT2D eigenvalue weighted by molar-refractivity contribution is -0.141. The molecule has 1 aromatic rings. The van der Waals surface area contributed by atoms with Crippen LogP contribution in [0.25, 0.3) is 0 Å². The fourth-order valence-electron chi connectivity index (χ4n) is 3.07. The number of esters is 1. The monoisotopic (exact) mass is 383 g/mol. The minimum absolute atomic E-state index is 0.0393. The fourth-order valence-corrected chi connectivity index (χ4v) is 4.81. The minimum atomic E-state index is -3.10. The number of methoxy groups -OCH3 is 1. The molecule has 0 unspecified atom stereocenters. The van der Waals surface area contributed by atoms with Crippen LogP contribution in [0.1, 0.15) is 36.2 Å². The zero-order valence-electron chi connectivity index (χ0n) is 15.5. The van der Waals surface area contributed by atoms with Gasteiger partial charge in [0.2, 0.25) is 0 Å². The summed E-state index contributed by atoms with van der Waals surface area (Å²) in [4.78, 5) is 26.5. The van der Waals surface area contributed by atoms with Crippen LogP contribution < -0.4 is 4.74 Å². The molecule has 0 aromatic heterocycles. The lowest BCUT2D eigenvalue weighted by Gasteiger charge is -2.29. The van der Waals surface area contributed by atoms with Crippen molar-refractivity contribution in [3.8, 4) is 5.75 Å². The molecule has 1 aliphatic heterocycles. The first kappa shape index (κ1) is 20.2. The van der Waals surface area contributed by atoms with Gasteiger partial charge in [-0.3, -0.25) is 4.79 Å². The second-order valence-electron chi connectivity index (χ2n) is 6.41. The van der Waals surface area contributed by atoms with Gasteiger partial charge in [-0.05, 0) is 44.9 Å². The lowest BCUT2D eigenvalue weighted by Crippen LogP contribution is -2.46. The van der Waals surface area contributed by atoms with E-state index in [1.807, 2.05) is 6.92 Å². The Morgan fingerprint density at radius 2 is 2.04 bits per heavy atom. The first-order valence-electron chi connectivity index (χ1n) is 8.55. The Kier molecular flexibility index (Phi) is 6.28. The van der Waals surface area contributed by atoms with Gasteiger partial charge in [-0.1, -0.05) is 6.07 Å². The summed E-state index contributed by atoms with van der Waals surface area (Å²) in [5.41, 5.74) is 1.17. The molecule has 0 spiro atoms. The van der Waals surface area contributed by atoms with E-state index in [9.17, 15) is 18.0 Å². The van der Waals surface area contributed by atoms with Crippen molar-refractivity contribution in [2.45, 2.75) is 39.3 Å². The van der Waals surface area contributed by atoms with E-state index < -0.39 is 21.9 Å². The molecule has 1 heterocycles. The van der Waals surface area contributed by atoms with Crippen molar-refractivity contribution in [2.75, 3.05) is 25.2 Å². The van der Waals surface area contributed by atoms with E-state index in [-0.39, 0.29) is 23.5 Å². The van der Waals surface area contributed by atoms with Gasteiger partial charge in [0, 0.05) is 12.6 Å². The number of carbonyl (C=O) groups is 2. The average molecular weight is 383 g/mol. The maximum atomic E-state index is 12.6. The number of carbonyl (C=O) groups excluding carboxylic acids is 2. The van der Waals surface area contributed by atoms with Gasteiger partial charge in [-0.2, -0.15) is 0 Å². The van der Waals surface area contributed by atoms with Crippen LogP contribution in [0, 0.1) is 6.92 Å². The maximum Gasteiger partial charge on any atom is 0.339 e. The summed E-state index contributed by atoms with van der Waals surface area (Å²) in [5, 5.41) is 0. The zero-order chi connectivity index (χ0) is 19.5. The van der Waals surface area contributed by atoms with Gasteiger partial charge in [0.25, 0.3) is 5.91 Å². The van der Waals surface area contributed by atoms with E-state index in [0.717, 1.165) is 5.56 Å². The molecule has 1 aliphatic rings. The number of ether oxygens (including phenoxy) is 2. The quantitative estimate of drug-likeness (QED) is 0.693. The molecular weight excluding hydrogens is 358 g/mol. The third-order valence-electron chi connectivity index (χ3n) is 4.55. The van der Waals surface area contributed by atoms with Crippen molar-refractivity contribution in [1.82, 2.24) is 4.90 Å². The molecule has 1 aromatic carbocycles. The Morgan fingerprint density at radius 3 is 2.58 bits per heavy atom. The van der Waals surface area contributed by atoms with E-state index >= 15 is 0 Å². The van der Waals surface area contributed by atoms with Crippen molar-refractivity contribution in [2.24, 2.45) is 0 Å². The van der Waals surface area contributed by atoms with Crippen LogP contribution in [0.2, 0.25) is 0 Å². The topological polar surface area (TPSA) is 90.0 Å². The molecule has 144 valence electrons. The van der Waals surface area contributed by atoms with E-state index in [1.54, 1.807) is 25.1 Å². The Hall–Kier alpha value is -2.09. The number of rotatable bonds is 6. The van der Waals surface area contributed by atoms with Gasteiger partial charge < -0.3 is 14.4 Å². The van der Waals surface area contributed by atoms with E-state index in [1.165, 1.54) is 18.9 Å². The largest absolute Gasteiger partial charge is 0.496 e. The molecule has 0 bridgehead atoms. The van der Waals surface area contributed by atoms with Crippen LogP contribution in [-0.4, -0.2) is 62.5 Å². The van der Waals surface area contributed by atoms with Gasteiger partial charge in [0.15, 0.2) is 15.9 Å². The smallest absolute Gasteiger partial charge is 0.339 e. The predicted octanol–water partition coefficient (Wildman–Crippen LogP) is 1.58. The molecule has 8 heteroatoms. The van der Waals surface area contributed by atoms with Crippen LogP contribution in [0.4, 0.5) is 0 Å². The van der Waals surface area contributed by atoms with Crippen molar-refractivity contribution >= 4 is 21.7 Å². The van der Waals surface area contributed by atoms with Gasteiger partial charge in [-0.15, -0.1) is 0 Å². The van der Waals surface area contributed by atoms with Crippen LogP contribution in [0.3, 0.4) is 0 Å². The van der Waals surface area contributed by atoms with Crippen LogP contribution in [-0.2, 0) is 19.4 Å². The summed E-state index contributed by atoms with van der Waals surface area (Å²) in [6.07, 6.45) is -0.587. The Bertz CT molecular complexity index is 789. The summed E-state index contributed by atoms with van der Waals surface area (Å²) >= 11 is 0. The highest BCUT2D eigenvalue weighted by atomic mass is 32.2. The van der Waals surface area contributed by atoms with Crippen LogP contribution >= 0.6 is 0 Å². The summed E-state index contributed by atoms with van der Waals surface area (Å²) in [6.45, 7) is 5.49. The molecule has 0 aliphatic carbocycles. The Balaban J connectivity index is 2.06. The molecule has 0 N–H and O–H groups in total. The molecule has 1 amide bonds. The van der Waals surface area contributed by atoms with Crippen molar-refractivity contribution < 1.29 is 27.5 Å². The van der Waals surface area contributed by atoms with Gasteiger partial charge in [0.1, 0.15) is 5.75 Å². The molecule has 1 fully saturated rings. The number of likely N-dealkylation sites (N-methyl/N-ethyl adjacent to an activating group) is 1. The van der Waals surface area contributed by atoms with Crippen LogP contribution in [0.5, 0.6) is 5.75 Å². The first-order valence-corrected chi connectivity index (χ1v) is 10.4. The molecule has 7 nitrogen and oxygen atoms in total. The molecule has 0 radical (unpaired) electrons. The lowest BCUT2D eigenvalue weighted by atomic mass is 10.1. The molecular formula is C18H25NO6S. The number of hydrogen-bond donors (Lipinski definition) is 0. The highest BCUT2D eigenvalue weighted by molar-refractivity contribution is 7.91. The first-order chi connectivity index (χ1) is 12.2. The number of hydrogen-bond acceptors (Lipinski definition) is 6. The van der Waals surface area contributed by atoms with E-state index in [0.29, 0.717) is 24.3 Å². The number of sulfone groups is 1. The second-order valence-corrected chi connectivity index (χ2v) is 8.64. The van der Waals surface area contributed by atoms with Crippen molar-refractivity contribution in [1.29, 1.82) is 0 Å².